The van der Waals surface area contributed by atoms with E-state index >= 15 is 0 Å². The minimum absolute atomic E-state index is 0.429. The fourth-order valence-corrected chi connectivity index (χ4v) is 3.56. The maximum Gasteiger partial charge on any atom is 0.407 e. The molecule has 0 bridgehead atoms. The third kappa shape index (κ3) is 20.9. The molecule has 0 atom stereocenters. The molecule has 0 radical (unpaired) electrons. The van der Waals surface area contributed by atoms with Crippen LogP contribution in [0.2, 0.25) is 20.1 Å². The first-order valence-corrected chi connectivity index (χ1v) is 15.1. The molecule has 2 rings (SSSR count). The number of hydrogen-bond donors (Lipinski definition) is 1. The van der Waals surface area contributed by atoms with Crippen LogP contribution in [0.25, 0.3) is 0 Å². The average molecular weight is 696 g/mol. The molecular formula is C30H36BrCl4NO4. The Morgan fingerprint density at radius 2 is 1.35 bits per heavy atom. The number of amides is 1. The van der Waals surface area contributed by atoms with E-state index in [1.165, 1.54) is 0 Å². The molecule has 0 aliphatic heterocycles. The molecule has 0 heterocycles. The van der Waals surface area contributed by atoms with E-state index in [1.807, 2.05) is 20.8 Å². The van der Waals surface area contributed by atoms with Crippen molar-refractivity contribution in [3.8, 4) is 36.2 Å². The number of unbranched alkanes of at least 4 members (excludes halogenated alkanes) is 3. The summed E-state index contributed by atoms with van der Waals surface area (Å²) in [5.41, 5.74) is -0.489. The number of alkyl carbamates (subject to hydrolysis) is 1. The van der Waals surface area contributed by atoms with Gasteiger partial charge in [0.25, 0.3) is 0 Å². The lowest BCUT2D eigenvalue weighted by atomic mass is 10.2. The van der Waals surface area contributed by atoms with E-state index in [1.54, 1.807) is 36.4 Å². The van der Waals surface area contributed by atoms with Crippen molar-refractivity contribution >= 4 is 68.4 Å². The van der Waals surface area contributed by atoms with Gasteiger partial charge in [-0.25, -0.2) is 4.79 Å². The fraction of sp³-hybridized carbons (Fsp3) is 0.433. The van der Waals surface area contributed by atoms with Crippen molar-refractivity contribution in [3.63, 3.8) is 0 Å². The van der Waals surface area contributed by atoms with Gasteiger partial charge < -0.3 is 19.5 Å². The first-order valence-electron chi connectivity index (χ1n) is 12.5. The molecule has 1 N–H and O–H groups in total. The lowest BCUT2D eigenvalue weighted by Gasteiger charge is -2.19. The van der Waals surface area contributed by atoms with Crippen LogP contribution in [0, 0.1) is 24.7 Å². The predicted molar refractivity (Wildman–Crippen MR) is 173 cm³/mol. The summed E-state index contributed by atoms with van der Waals surface area (Å²) >= 11 is 26.5. The Morgan fingerprint density at radius 1 is 0.850 bits per heavy atom. The van der Waals surface area contributed by atoms with E-state index in [9.17, 15) is 4.79 Å². The van der Waals surface area contributed by atoms with Gasteiger partial charge in [0.2, 0.25) is 0 Å². The van der Waals surface area contributed by atoms with Crippen LogP contribution in [0.5, 0.6) is 11.5 Å². The molecule has 0 aliphatic rings. The number of benzene rings is 2. The third-order valence-electron chi connectivity index (χ3n) is 4.33. The molecule has 0 aliphatic carbocycles. The Morgan fingerprint density at radius 3 is 1.77 bits per heavy atom. The zero-order valence-corrected chi connectivity index (χ0v) is 27.6. The number of hydrogen-bond acceptors (Lipinski definition) is 4. The fourth-order valence-electron chi connectivity index (χ4n) is 2.63. The Labute approximate surface area is 267 Å². The Balaban J connectivity index is 0.000000682. The summed E-state index contributed by atoms with van der Waals surface area (Å²) in [6, 6.07) is 10.3. The molecule has 0 saturated heterocycles. The number of carbonyl (C=O) groups is 1. The first-order chi connectivity index (χ1) is 18.9. The van der Waals surface area contributed by atoms with E-state index in [-0.39, 0.29) is 0 Å². The van der Waals surface area contributed by atoms with Gasteiger partial charge in [-0.05, 0) is 82.9 Å². The highest BCUT2D eigenvalue weighted by Crippen LogP contribution is 2.28. The summed E-state index contributed by atoms with van der Waals surface area (Å²) < 4.78 is 16.1. The smallest absolute Gasteiger partial charge is 0.407 e. The second-order valence-electron chi connectivity index (χ2n) is 8.98. The largest absolute Gasteiger partial charge is 0.492 e. The van der Waals surface area contributed by atoms with Crippen LogP contribution < -0.4 is 14.8 Å². The van der Waals surface area contributed by atoms with Gasteiger partial charge >= 0.3 is 6.09 Å². The zero-order valence-electron chi connectivity index (χ0n) is 23.0. The second kappa shape index (κ2) is 22.7. The van der Waals surface area contributed by atoms with E-state index in [2.05, 4.69) is 33.1 Å². The lowest BCUT2D eigenvalue weighted by Crippen LogP contribution is -2.33. The van der Waals surface area contributed by atoms with Crippen LogP contribution in [0.1, 0.15) is 52.9 Å². The minimum Gasteiger partial charge on any atom is -0.492 e. The summed E-state index contributed by atoms with van der Waals surface area (Å²) in [5, 5.41) is 5.52. The number of ether oxygens (including phenoxy) is 3. The number of alkyl halides is 1. The van der Waals surface area contributed by atoms with Gasteiger partial charge in [0.05, 0.1) is 28.6 Å². The van der Waals surface area contributed by atoms with Gasteiger partial charge in [0, 0.05) is 23.0 Å². The van der Waals surface area contributed by atoms with Crippen LogP contribution in [0.15, 0.2) is 36.4 Å². The highest BCUT2D eigenvalue weighted by atomic mass is 79.9. The lowest BCUT2D eigenvalue weighted by molar-refractivity contribution is 0.0525. The van der Waals surface area contributed by atoms with Crippen LogP contribution in [-0.2, 0) is 4.74 Å². The quantitative estimate of drug-likeness (QED) is 0.144. The van der Waals surface area contributed by atoms with Crippen LogP contribution in [-0.4, -0.2) is 36.8 Å². The predicted octanol–water partition coefficient (Wildman–Crippen LogP) is 9.87. The molecule has 0 spiro atoms. The molecule has 10 heteroatoms. The molecular weight excluding hydrogens is 660 g/mol. The van der Waals surface area contributed by atoms with Crippen molar-refractivity contribution < 1.29 is 19.0 Å². The monoisotopic (exact) mass is 693 g/mol. The molecule has 1 amide bonds. The Kier molecular flexibility index (Phi) is 21.6. The summed E-state index contributed by atoms with van der Waals surface area (Å²) in [6.07, 6.45) is 14.1. The number of terminal acetylenes is 2. The Bertz CT molecular complexity index is 1090. The van der Waals surface area contributed by atoms with Crippen molar-refractivity contribution in [1.82, 2.24) is 5.32 Å². The van der Waals surface area contributed by atoms with Crippen molar-refractivity contribution in [3.05, 3.63) is 56.5 Å². The normalized spacial score (nSPS) is 9.95. The zero-order chi connectivity index (χ0) is 30.4. The van der Waals surface area contributed by atoms with E-state index in [0.717, 1.165) is 25.7 Å². The summed E-state index contributed by atoms with van der Waals surface area (Å²) in [6.45, 7) is 7.03. The van der Waals surface area contributed by atoms with Gasteiger partial charge in [0.1, 0.15) is 17.1 Å². The highest BCUT2D eigenvalue weighted by Gasteiger charge is 2.15. The molecule has 40 heavy (non-hydrogen) atoms. The SMILES string of the molecule is C#CCBr.C#CCCCCCOc1ccc(Cl)cc1Cl.CC(C)(C)OC(=O)NCCCOc1ccc(Cl)cc1Cl. The summed E-state index contributed by atoms with van der Waals surface area (Å²) in [7, 11) is 0. The molecule has 220 valence electrons. The molecule has 0 saturated carbocycles. The van der Waals surface area contributed by atoms with Gasteiger partial charge in [-0.2, -0.15) is 0 Å². The molecule has 0 aromatic heterocycles. The van der Waals surface area contributed by atoms with Crippen LogP contribution >= 0.6 is 62.3 Å². The van der Waals surface area contributed by atoms with Crippen LogP contribution in [0.3, 0.4) is 0 Å². The molecule has 0 unspecified atom stereocenters. The van der Waals surface area contributed by atoms with Gasteiger partial charge in [-0.1, -0.05) is 68.3 Å². The topological polar surface area (TPSA) is 56.8 Å². The van der Waals surface area contributed by atoms with Crippen molar-refractivity contribution in [2.24, 2.45) is 0 Å². The molecule has 2 aromatic carbocycles. The van der Waals surface area contributed by atoms with E-state index in [4.69, 9.17) is 73.5 Å². The highest BCUT2D eigenvalue weighted by molar-refractivity contribution is 9.09. The second-order valence-corrected chi connectivity index (χ2v) is 11.2. The average Bonchev–Trinajstić information content (AvgIpc) is 2.87. The first kappa shape index (κ1) is 38.1. The summed E-state index contributed by atoms with van der Waals surface area (Å²) in [4.78, 5) is 11.4. The summed E-state index contributed by atoms with van der Waals surface area (Å²) in [5.74, 6) is 6.22. The standard InChI is InChI=1S/C14H19Cl2NO3.C13H14Cl2O.C3H3Br/c1-14(2,3)20-13(18)17-7-4-8-19-12-6-5-10(15)9-11(12)16;1-2-3-4-5-6-9-16-13-8-7-11(14)10-12(13)15;1-2-3-4/h5-6,9H,4,7-8H2,1-3H3,(H,17,18);1,7-8,10H,3-6,9H2;1H,3H2. The molecule has 0 fully saturated rings. The maximum absolute atomic E-state index is 11.4. The number of halogens is 5. The van der Waals surface area contributed by atoms with Gasteiger partial charge in [-0.3, -0.25) is 0 Å². The number of rotatable bonds is 11. The van der Waals surface area contributed by atoms with Crippen LogP contribution in [0.4, 0.5) is 4.79 Å². The van der Waals surface area contributed by atoms with Crippen molar-refractivity contribution in [1.29, 1.82) is 0 Å². The number of nitrogens with one attached hydrogen (secondary N) is 1. The maximum atomic E-state index is 11.4. The van der Waals surface area contributed by atoms with E-state index < -0.39 is 11.7 Å². The number of carbonyl (C=O) groups excluding carboxylic acids is 1. The van der Waals surface area contributed by atoms with Crippen molar-refractivity contribution in [2.75, 3.05) is 25.1 Å². The Hall–Kier alpha value is -1.93. The molecule has 2 aromatic rings. The van der Waals surface area contributed by atoms with Gasteiger partial charge in [0.15, 0.2) is 0 Å². The minimum atomic E-state index is -0.489. The van der Waals surface area contributed by atoms with Gasteiger partial charge in [-0.15, -0.1) is 18.8 Å². The molecule has 5 nitrogen and oxygen atoms in total. The van der Waals surface area contributed by atoms with E-state index in [0.29, 0.717) is 63.1 Å². The third-order valence-corrected chi connectivity index (χ3v) is 5.72. The van der Waals surface area contributed by atoms with Crippen molar-refractivity contribution in [2.45, 2.75) is 58.5 Å².